The Morgan fingerprint density at radius 3 is 2.61 bits per heavy atom. The number of rotatable bonds is 2. The van der Waals surface area contributed by atoms with Crippen LogP contribution in [0.1, 0.15) is 29.5 Å². The van der Waals surface area contributed by atoms with Crippen LogP contribution in [-0.4, -0.2) is 22.2 Å². The fourth-order valence-electron chi connectivity index (χ4n) is 2.40. The van der Waals surface area contributed by atoms with E-state index < -0.39 is 0 Å². The van der Waals surface area contributed by atoms with Gasteiger partial charge in [-0.3, -0.25) is 4.79 Å². The predicted molar refractivity (Wildman–Crippen MR) is 73.2 cm³/mol. The number of benzene rings is 1. The number of carbonyl (C=O) groups is 1. The van der Waals surface area contributed by atoms with Crippen molar-refractivity contribution < 1.29 is 9.18 Å². The number of hydrogen-bond acceptors (Lipinski definition) is 1. The van der Waals surface area contributed by atoms with Gasteiger partial charge in [0, 0.05) is 13.1 Å². The maximum absolute atomic E-state index is 13.5. The minimum atomic E-state index is -0.151. The lowest BCUT2D eigenvalue weighted by Crippen LogP contribution is -2.41. The first-order chi connectivity index (χ1) is 8.49. The summed E-state index contributed by atoms with van der Waals surface area (Å²) in [6.45, 7) is 4.88. The van der Waals surface area contributed by atoms with Crippen molar-refractivity contribution >= 4 is 21.8 Å². The quantitative estimate of drug-likeness (QED) is 0.767. The van der Waals surface area contributed by atoms with Crippen LogP contribution in [0.4, 0.5) is 4.39 Å². The second-order valence-corrected chi connectivity index (χ2v) is 6.02. The summed E-state index contributed by atoms with van der Waals surface area (Å²) in [5.41, 5.74) is 2.29. The van der Waals surface area contributed by atoms with E-state index in [-0.39, 0.29) is 16.6 Å². The highest BCUT2D eigenvalue weighted by Gasteiger charge is 2.26. The maximum Gasteiger partial charge on any atom is 0.236 e. The van der Waals surface area contributed by atoms with Crippen molar-refractivity contribution in [3.05, 3.63) is 34.6 Å². The highest BCUT2D eigenvalue weighted by molar-refractivity contribution is 9.10. The molecule has 4 heteroatoms. The molecule has 1 aliphatic rings. The highest BCUT2D eigenvalue weighted by atomic mass is 79.9. The van der Waals surface area contributed by atoms with E-state index in [0.29, 0.717) is 17.7 Å². The molecule has 2 nitrogen and oxygen atoms in total. The minimum Gasteiger partial charge on any atom is -0.337 e. The van der Waals surface area contributed by atoms with Crippen molar-refractivity contribution in [3.63, 3.8) is 0 Å². The van der Waals surface area contributed by atoms with Crippen LogP contribution in [0.2, 0.25) is 0 Å². The molecule has 0 radical (unpaired) electrons. The van der Waals surface area contributed by atoms with Crippen LogP contribution in [0.3, 0.4) is 0 Å². The van der Waals surface area contributed by atoms with Gasteiger partial charge in [0.1, 0.15) is 5.82 Å². The number of hydrogen-bond donors (Lipinski definition) is 0. The molecule has 1 aliphatic heterocycles. The van der Waals surface area contributed by atoms with Gasteiger partial charge in [-0.15, -0.1) is 0 Å². The van der Waals surface area contributed by atoms with Gasteiger partial charge >= 0.3 is 0 Å². The largest absolute Gasteiger partial charge is 0.337 e. The molecule has 1 heterocycles. The molecule has 1 atom stereocenters. The van der Waals surface area contributed by atoms with E-state index in [1.165, 1.54) is 0 Å². The molecule has 0 spiro atoms. The van der Waals surface area contributed by atoms with Gasteiger partial charge < -0.3 is 4.90 Å². The SMILES string of the molecule is Cc1cc(CN2CCCC(Br)C2=O)cc(C)c1F. The van der Waals surface area contributed by atoms with Crippen molar-refractivity contribution in [2.45, 2.75) is 38.1 Å². The molecule has 1 unspecified atom stereocenters. The Labute approximate surface area is 115 Å². The summed E-state index contributed by atoms with van der Waals surface area (Å²) in [5, 5.41) is 0. The standard InChI is InChI=1S/C14H17BrFNO/c1-9-6-11(7-10(2)13(9)16)8-17-5-3-4-12(15)14(17)18/h6-7,12H,3-5,8H2,1-2H3. The second-order valence-electron chi connectivity index (χ2n) is 4.91. The van der Waals surface area contributed by atoms with Crippen molar-refractivity contribution in [1.29, 1.82) is 0 Å². The van der Waals surface area contributed by atoms with Crippen molar-refractivity contribution in [1.82, 2.24) is 4.90 Å². The number of likely N-dealkylation sites (tertiary alicyclic amines) is 1. The van der Waals surface area contributed by atoms with Gasteiger partial charge in [0.05, 0.1) is 4.83 Å². The lowest BCUT2D eigenvalue weighted by Gasteiger charge is -2.30. The summed E-state index contributed by atoms with van der Waals surface area (Å²) in [5.74, 6) is -0.0111. The molecule has 0 saturated carbocycles. The lowest BCUT2D eigenvalue weighted by molar-refractivity contribution is -0.133. The molecule has 1 aromatic carbocycles. The van der Waals surface area contributed by atoms with Crippen LogP contribution in [0.25, 0.3) is 0 Å². The van der Waals surface area contributed by atoms with E-state index in [2.05, 4.69) is 15.9 Å². The van der Waals surface area contributed by atoms with Crippen LogP contribution >= 0.6 is 15.9 Å². The Morgan fingerprint density at radius 2 is 2.00 bits per heavy atom. The Balaban J connectivity index is 2.16. The van der Waals surface area contributed by atoms with E-state index in [1.54, 1.807) is 13.8 Å². The van der Waals surface area contributed by atoms with Gasteiger partial charge in [-0.25, -0.2) is 4.39 Å². The van der Waals surface area contributed by atoms with Gasteiger partial charge in [0.2, 0.25) is 5.91 Å². The first kappa shape index (κ1) is 13.5. The van der Waals surface area contributed by atoms with E-state index in [1.807, 2.05) is 17.0 Å². The summed E-state index contributed by atoms with van der Waals surface area (Å²) >= 11 is 3.40. The van der Waals surface area contributed by atoms with Crippen molar-refractivity contribution in [2.24, 2.45) is 0 Å². The average molecular weight is 314 g/mol. The topological polar surface area (TPSA) is 20.3 Å². The van der Waals surface area contributed by atoms with Gasteiger partial charge in [-0.1, -0.05) is 28.1 Å². The molecule has 0 aromatic heterocycles. The Hall–Kier alpha value is -0.900. The average Bonchev–Trinajstić information content (AvgIpc) is 2.32. The first-order valence-electron chi connectivity index (χ1n) is 6.17. The van der Waals surface area contributed by atoms with Gasteiger partial charge in [0.15, 0.2) is 0 Å². The fourth-order valence-corrected chi connectivity index (χ4v) is 3.01. The number of alkyl halides is 1. The summed E-state index contributed by atoms with van der Waals surface area (Å²) in [6.07, 6.45) is 1.91. The zero-order valence-corrected chi connectivity index (χ0v) is 12.3. The first-order valence-corrected chi connectivity index (χ1v) is 7.09. The Morgan fingerprint density at radius 1 is 1.39 bits per heavy atom. The Bertz CT molecular complexity index is 452. The third-order valence-electron chi connectivity index (χ3n) is 3.33. The zero-order valence-electron chi connectivity index (χ0n) is 10.7. The number of carbonyl (C=O) groups excluding carboxylic acids is 1. The number of piperidine rings is 1. The molecule has 1 fully saturated rings. The van der Waals surface area contributed by atoms with E-state index in [9.17, 15) is 9.18 Å². The van der Waals surface area contributed by atoms with Crippen molar-refractivity contribution in [2.75, 3.05) is 6.54 Å². The second kappa shape index (κ2) is 5.39. The van der Waals surface area contributed by atoms with E-state index in [4.69, 9.17) is 0 Å². The molecule has 2 rings (SSSR count). The summed E-state index contributed by atoms with van der Waals surface area (Å²) in [4.78, 5) is 13.8. The molecule has 1 aromatic rings. The molecule has 0 N–H and O–H groups in total. The van der Waals surface area contributed by atoms with Crippen LogP contribution in [0.15, 0.2) is 12.1 Å². The number of nitrogens with zero attached hydrogens (tertiary/aromatic N) is 1. The van der Waals surface area contributed by atoms with Gasteiger partial charge in [0.25, 0.3) is 0 Å². The van der Waals surface area contributed by atoms with Crippen molar-refractivity contribution in [3.8, 4) is 0 Å². The monoisotopic (exact) mass is 313 g/mol. The summed E-state index contributed by atoms with van der Waals surface area (Å²) < 4.78 is 13.5. The van der Waals surface area contributed by atoms with Crippen LogP contribution < -0.4 is 0 Å². The van der Waals surface area contributed by atoms with Crippen LogP contribution in [0.5, 0.6) is 0 Å². The molecule has 1 amide bonds. The molecule has 0 bridgehead atoms. The number of amides is 1. The van der Waals surface area contributed by atoms with Crippen LogP contribution in [-0.2, 0) is 11.3 Å². The highest BCUT2D eigenvalue weighted by Crippen LogP contribution is 2.22. The van der Waals surface area contributed by atoms with Crippen LogP contribution in [0, 0.1) is 19.7 Å². The predicted octanol–water partition coefficient (Wildman–Crippen LogP) is 3.33. The van der Waals surface area contributed by atoms with Gasteiger partial charge in [-0.2, -0.15) is 0 Å². The van der Waals surface area contributed by atoms with E-state index in [0.717, 1.165) is 24.9 Å². The fraction of sp³-hybridized carbons (Fsp3) is 0.500. The summed E-state index contributed by atoms with van der Waals surface area (Å²) in [7, 11) is 0. The smallest absolute Gasteiger partial charge is 0.236 e. The maximum atomic E-state index is 13.5. The molecular formula is C14H17BrFNO. The lowest BCUT2D eigenvalue weighted by atomic mass is 10.0. The third kappa shape index (κ3) is 2.74. The number of halogens is 2. The molecule has 0 aliphatic carbocycles. The van der Waals surface area contributed by atoms with E-state index >= 15 is 0 Å². The molecule has 1 saturated heterocycles. The summed E-state index contributed by atoms with van der Waals surface area (Å²) in [6, 6.07) is 3.65. The number of aryl methyl sites for hydroxylation is 2. The molecular weight excluding hydrogens is 297 g/mol. The minimum absolute atomic E-state index is 0.0612. The zero-order chi connectivity index (χ0) is 13.3. The Kier molecular flexibility index (Phi) is 4.05. The van der Waals surface area contributed by atoms with Gasteiger partial charge in [-0.05, 0) is 43.4 Å². The normalized spacial score (nSPS) is 20.3. The molecule has 18 heavy (non-hydrogen) atoms. The third-order valence-corrected chi connectivity index (χ3v) is 4.18. The molecule has 98 valence electrons.